The largest absolute Gasteiger partial charge is 0.351 e. The van der Waals surface area contributed by atoms with E-state index in [0.717, 1.165) is 0 Å². The van der Waals surface area contributed by atoms with E-state index in [-0.39, 0.29) is 11.4 Å². The second-order valence-electron chi connectivity index (χ2n) is 3.59. The Morgan fingerprint density at radius 2 is 1.67 bits per heavy atom. The standard InChI is InChI=1S/C7H12Br3NO/c1-6(2,3)11-5(12)4-7(8,9)10/h4H2,1-3H3,(H,11,12). The molecular weight excluding hydrogens is 354 g/mol. The van der Waals surface area contributed by atoms with Crippen LogP contribution in [0.2, 0.25) is 0 Å². The van der Waals surface area contributed by atoms with Gasteiger partial charge in [-0.2, -0.15) is 0 Å². The van der Waals surface area contributed by atoms with Gasteiger partial charge in [-0.3, -0.25) is 4.79 Å². The van der Waals surface area contributed by atoms with Crippen molar-refractivity contribution in [3.05, 3.63) is 0 Å². The van der Waals surface area contributed by atoms with Crippen molar-refractivity contribution in [3.63, 3.8) is 0 Å². The summed E-state index contributed by atoms with van der Waals surface area (Å²) in [5.41, 5.74) is -0.171. The lowest BCUT2D eigenvalue weighted by Crippen LogP contribution is -2.41. The van der Waals surface area contributed by atoms with Crippen LogP contribution in [0.4, 0.5) is 0 Å². The zero-order valence-electron chi connectivity index (χ0n) is 7.25. The quantitative estimate of drug-likeness (QED) is 0.711. The zero-order valence-corrected chi connectivity index (χ0v) is 12.0. The van der Waals surface area contributed by atoms with Gasteiger partial charge in [0.2, 0.25) is 5.91 Å². The van der Waals surface area contributed by atoms with E-state index in [2.05, 4.69) is 53.1 Å². The Morgan fingerprint density at radius 1 is 1.25 bits per heavy atom. The molecule has 0 aliphatic carbocycles. The fourth-order valence-corrected chi connectivity index (χ4v) is 1.41. The first-order valence-corrected chi connectivity index (χ1v) is 5.86. The van der Waals surface area contributed by atoms with Crippen LogP contribution in [-0.4, -0.2) is 13.6 Å². The molecule has 0 spiro atoms. The van der Waals surface area contributed by atoms with E-state index in [9.17, 15) is 4.79 Å². The third-order valence-corrected chi connectivity index (χ3v) is 1.72. The molecule has 0 radical (unpaired) electrons. The van der Waals surface area contributed by atoms with Crippen LogP contribution < -0.4 is 5.32 Å². The minimum atomic E-state index is -0.484. The van der Waals surface area contributed by atoms with Crippen LogP contribution in [0.15, 0.2) is 0 Å². The summed E-state index contributed by atoms with van der Waals surface area (Å²) in [4.78, 5) is 11.3. The van der Waals surface area contributed by atoms with Gasteiger partial charge in [-0.15, -0.1) is 0 Å². The number of hydrogen-bond donors (Lipinski definition) is 1. The van der Waals surface area contributed by atoms with E-state index in [1.54, 1.807) is 0 Å². The maximum absolute atomic E-state index is 11.3. The second kappa shape index (κ2) is 4.42. The van der Waals surface area contributed by atoms with E-state index < -0.39 is 2.14 Å². The molecule has 0 rings (SSSR count). The van der Waals surface area contributed by atoms with Crippen molar-refractivity contribution in [1.29, 1.82) is 0 Å². The highest BCUT2D eigenvalue weighted by molar-refractivity contribution is 9.39. The minimum absolute atomic E-state index is 0.00637. The number of carbonyl (C=O) groups excluding carboxylic acids is 1. The van der Waals surface area contributed by atoms with Crippen molar-refractivity contribution in [2.24, 2.45) is 0 Å². The highest BCUT2D eigenvalue weighted by atomic mass is 80.0. The number of halogens is 3. The Morgan fingerprint density at radius 3 is 1.92 bits per heavy atom. The van der Waals surface area contributed by atoms with Crippen LogP contribution in [0.3, 0.4) is 0 Å². The van der Waals surface area contributed by atoms with Crippen molar-refractivity contribution in [2.75, 3.05) is 0 Å². The van der Waals surface area contributed by atoms with E-state index in [4.69, 9.17) is 0 Å². The SMILES string of the molecule is CC(C)(C)NC(=O)CC(Br)(Br)Br. The fourth-order valence-electron chi connectivity index (χ4n) is 0.645. The second-order valence-corrected chi connectivity index (χ2v) is 10.8. The molecule has 0 aromatic carbocycles. The molecule has 0 aliphatic heterocycles. The summed E-state index contributed by atoms with van der Waals surface area (Å²) in [5.74, 6) is -0.00637. The first-order chi connectivity index (χ1) is 5.10. The van der Waals surface area contributed by atoms with Gasteiger partial charge in [0, 0.05) is 5.54 Å². The molecule has 72 valence electrons. The third-order valence-electron chi connectivity index (χ3n) is 0.875. The van der Waals surface area contributed by atoms with Crippen LogP contribution in [0.1, 0.15) is 27.2 Å². The highest BCUT2D eigenvalue weighted by Gasteiger charge is 2.24. The number of hydrogen-bond acceptors (Lipinski definition) is 1. The molecule has 2 nitrogen and oxygen atoms in total. The molecule has 0 aromatic heterocycles. The molecule has 0 aliphatic rings. The molecule has 0 atom stereocenters. The number of carbonyl (C=O) groups is 1. The smallest absolute Gasteiger partial charge is 0.223 e. The van der Waals surface area contributed by atoms with Crippen LogP contribution in [-0.2, 0) is 4.79 Å². The molecule has 0 heterocycles. The molecule has 0 saturated heterocycles. The van der Waals surface area contributed by atoms with E-state index >= 15 is 0 Å². The van der Waals surface area contributed by atoms with Gasteiger partial charge >= 0.3 is 0 Å². The Kier molecular flexibility index (Phi) is 4.75. The van der Waals surface area contributed by atoms with Crippen molar-refractivity contribution in [2.45, 2.75) is 34.9 Å². The fraction of sp³-hybridized carbons (Fsp3) is 0.857. The molecule has 0 unspecified atom stereocenters. The summed E-state index contributed by atoms with van der Waals surface area (Å²) < 4.78 is -0.484. The lowest BCUT2D eigenvalue weighted by molar-refractivity contribution is -0.122. The van der Waals surface area contributed by atoms with E-state index in [0.29, 0.717) is 6.42 Å². The first-order valence-electron chi connectivity index (χ1n) is 3.48. The van der Waals surface area contributed by atoms with Crippen LogP contribution >= 0.6 is 47.8 Å². The average Bonchev–Trinajstić information content (AvgIpc) is 1.49. The van der Waals surface area contributed by atoms with Crippen LogP contribution in [0.25, 0.3) is 0 Å². The molecule has 1 N–H and O–H groups in total. The molecule has 0 fully saturated rings. The minimum Gasteiger partial charge on any atom is -0.351 e. The summed E-state index contributed by atoms with van der Waals surface area (Å²) in [7, 11) is 0. The molecule has 0 bridgehead atoms. The van der Waals surface area contributed by atoms with Gasteiger partial charge in [0.25, 0.3) is 0 Å². The molecule has 1 amide bonds. The van der Waals surface area contributed by atoms with Crippen LogP contribution in [0.5, 0.6) is 0 Å². The Balaban J connectivity index is 3.92. The Hall–Kier alpha value is 0.910. The summed E-state index contributed by atoms with van der Waals surface area (Å²) in [6.07, 6.45) is 0.338. The normalized spacial score (nSPS) is 12.8. The lowest BCUT2D eigenvalue weighted by Gasteiger charge is -2.22. The summed E-state index contributed by atoms with van der Waals surface area (Å²) >= 11 is 9.78. The van der Waals surface area contributed by atoms with Gasteiger partial charge in [0.1, 0.15) is 2.14 Å². The van der Waals surface area contributed by atoms with Gasteiger partial charge < -0.3 is 5.32 Å². The molecule has 5 heteroatoms. The van der Waals surface area contributed by atoms with Gasteiger partial charge in [-0.25, -0.2) is 0 Å². The predicted octanol–water partition coefficient (Wildman–Crippen LogP) is 3.13. The maximum Gasteiger partial charge on any atom is 0.223 e. The number of rotatable bonds is 1. The number of alkyl halides is 3. The Labute approximate surface area is 98.2 Å². The lowest BCUT2D eigenvalue weighted by atomic mass is 10.1. The van der Waals surface area contributed by atoms with Gasteiger partial charge in [0.05, 0.1) is 6.42 Å². The summed E-state index contributed by atoms with van der Waals surface area (Å²) in [6, 6.07) is 0. The Bertz CT molecular complexity index is 150. The van der Waals surface area contributed by atoms with E-state index in [1.807, 2.05) is 20.8 Å². The van der Waals surface area contributed by atoms with Crippen molar-refractivity contribution in [1.82, 2.24) is 5.32 Å². The molecular formula is C7H12Br3NO. The average molecular weight is 366 g/mol. The first kappa shape index (κ1) is 12.9. The molecule has 12 heavy (non-hydrogen) atoms. The summed E-state index contributed by atoms with van der Waals surface area (Å²) in [5, 5.41) is 2.85. The molecule has 0 aromatic rings. The van der Waals surface area contributed by atoms with E-state index in [1.165, 1.54) is 0 Å². The summed E-state index contributed by atoms with van der Waals surface area (Å²) in [6.45, 7) is 5.84. The van der Waals surface area contributed by atoms with Gasteiger partial charge in [-0.1, -0.05) is 47.8 Å². The maximum atomic E-state index is 11.3. The van der Waals surface area contributed by atoms with Crippen molar-refractivity contribution in [3.8, 4) is 0 Å². The van der Waals surface area contributed by atoms with Crippen LogP contribution in [0, 0.1) is 0 Å². The highest BCUT2D eigenvalue weighted by Crippen LogP contribution is 2.36. The topological polar surface area (TPSA) is 29.1 Å². The zero-order chi connectivity index (χ0) is 9.99. The van der Waals surface area contributed by atoms with Gasteiger partial charge in [0.15, 0.2) is 0 Å². The third kappa shape index (κ3) is 9.00. The molecule has 0 saturated carbocycles. The van der Waals surface area contributed by atoms with Crippen molar-refractivity contribution < 1.29 is 4.79 Å². The number of nitrogens with one attached hydrogen (secondary N) is 1. The van der Waals surface area contributed by atoms with Crippen molar-refractivity contribution >= 4 is 53.7 Å². The predicted molar refractivity (Wildman–Crippen MR) is 62.0 cm³/mol. The monoisotopic (exact) mass is 363 g/mol. The number of amides is 1. The van der Waals surface area contributed by atoms with Gasteiger partial charge in [-0.05, 0) is 20.8 Å².